The summed E-state index contributed by atoms with van der Waals surface area (Å²) in [4.78, 5) is 13.2. The summed E-state index contributed by atoms with van der Waals surface area (Å²) in [6, 6.07) is 5.74. The van der Waals surface area contributed by atoms with E-state index < -0.39 is 0 Å². The lowest BCUT2D eigenvalue weighted by Crippen LogP contribution is -2.00. The number of fused-ring (bicyclic) bond motifs is 1. The third kappa shape index (κ3) is 3.01. The molecule has 0 atom stereocenters. The summed E-state index contributed by atoms with van der Waals surface area (Å²) in [6.45, 7) is 3.92. The Hall–Kier alpha value is -2.89. The van der Waals surface area contributed by atoms with Crippen molar-refractivity contribution in [3.63, 3.8) is 0 Å². The maximum Gasteiger partial charge on any atom is 0.150 e. The van der Waals surface area contributed by atoms with Crippen LogP contribution in [0.2, 0.25) is 0 Å². The third-order valence-electron chi connectivity index (χ3n) is 3.55. The lowest BCUT2D eigenvalue weighted by Gasteiger charge is -2.12. The van der Waals surface area contributed by atoms with Crippen LogP contribution in [0.5, 0.6) is 11.5 Å². The number of benzene rings is 1. The molecule has 0 saturated heterocycles. The van der Waals surface area contributed by atoms with Crippen molar-refractivity contribution in [1.29, 1.82) is 0 Å². The van der Waals surface area contributed by atoms with Crippen molar-refractivity contribution in [1.82, 2.24) is 15.0 Å². The predicted molar refractivity (Wildman–Crippen MR) is 89.6 cm³/mol. The van der Waals surface area contributed by atoms with E-state index in [-0.39, 0.29) is 0 Å². The van der Waals surface area contributed by atoms with Crippen molar-refractivity contribution in [2.75, 3.05) is 19.5 Å². The van der Waals surface area contributed by atoms with Crippen LogP contribution in [0.1, 0.15) is 11.3 Å². The molecule has 118 valence electrons. The number of aromatic nitrogens is 3. The molecule has 0 bridgehead atoms. The Morgan fingerprint density at radius 3 is 2.39 bits per heavy atom. The van der Waals surface area contributed by atoms with Crippen molar-refractivity contribution in [3.8, 4) is 11.5 Å². The van der Waals surface area contributed by atoms with E-state index >= 15 is 0 Å². The maximum atomic E-state index is 5.45. The van der Waals surface area contributed by atoms with Gasteiger partial charge in [0, 0.05) is 11.5 Å². The number of nitrogens with zero attached hydrogens (tertiary/aromatic N) is 3. The van der Waals surface area contributed by atoms with Crippen LogP contribution in [-0.4, -0.2) is 29.2 Å². The first kappa shape index (κ1) is 15.0. The highest BCUT2D eigenvalue weighted by Crippen LogP contribution is 2.33. The number of hydrogen-bond donors (Lipinski definition) is 1. The standard InChI is InChI=1S/C17H18N4O2/c1-10-5-15(20-16-9-18-11(2)8-19-16)21-17-13(10)6-12(22-3)7-14(17)23-4/h5-9H,1-4H3,(H,19,20,21). The van der Waals surface area contributed by atoms with Crippen molar-refractivity contribution < 1.29 is 9.47 Å². The van der Waals surface area contributed by atoms with Gasteiger partial charge in [-0.25, -0.2) is 9.97 Å². The molecule has 0 amide bonds. The second kappa shape index (κ2) is 6.08. The highest BCUT2D eigenvalue weighted by Gasteiger charge is 2.11. The molecule has 3 rings (SSSR count). The SMILES string of the molecule is COc1cc(OC)c2nc(Nc3cnc(C)cn3)cc(C)c2c1. The first-order valence-electron chi connectivity index (χ1n) is 7.19. The van der Waals surface area contributed by atoms with Crippen LogP contribution >= 0.6 is 0 Å². The normalized spacial score (nSPS) is 10.6. The molecular formula is C17H18N4O2. The second-order valence-electron chi connectivity index (χ2n) is 5.22. The van der Waals surface area contributed by atoms with Gasteiger partial charge in [0.25, 0.3) is 0 Å². The van der Waals surface area contributed by atoms with E-state index in [2.05, 4.69) is 20.3 Å². The largest absolute Gasteiger partial charge is 0.497 e. The topological polar surface area (TPSA) is 69.2 Å². The number of nitrogens with one attached hydrogen (secondary N) is 1. The van der Waals surface area contributed by atoms with E-state index in [1.54, 1.807) is 26.6 Å². The van der Waals surface area contributed by atoms with Gasteiger partial charge in [0.2, 0.25) is 0 Å². The number of ether oxygens (including phenoxy) is 2. The smallest absolute Gasteiger partial charge is 0.150 e. The van der Waals surface area contributed by atoms with E-state index in [9.17, 15) is 0 Å². The van der Waals surface area contributed by atoms with Gasteiger partial charge in [0.1, 0.15) is 28.7 Å². The zero-order valence-electron chi connectivity index (χ0n) is 13.5. The number of aryl methyl sites for hydroxylation is 2. The molecule has 2 heterocycles. The molecule has 23 heavy (non-hydrogen) atoms. The minimum absolute atomic E-state index is 0.648. The Morgan fingerprint density at radius 2 is 1.74 bits per heavy atom. The summed E-state index contributed by atoms with van der Waals surface area (Å²) in [5.74, 6) is 2.75. The molecule has 0 fully saturated rings. The Balaban J connectivity index is 2.07. The lowest BCUT2D eigenvalue weighted by molar-refractivity contribution is 0.397. The van der Waals surface area contributed by atoms with Gasteiger partial charge in [-0.3, -0.25) is 4.98 Å². The van der Waals surface area contributed by atoms with Crippen LogP contribution < -0.4 is 14.8 Å². The van der Waals surface area contributed by atoms with E-state index in [4.69, 9.17) is 9.47 Å². The summed E-state index contributed by atoms with van der Waals surface area (Å²) >= 11 is 0. The first-order chi connectivity index (χ1) is 11.1. The van der Waals surface area contributed by atoms with E-state index in [0.29, 0.717) is 17.4 Å². The molecule has 0 saturated carbocycles. The highest BCUT2D eigenvalue weighted by molar-refractivity contribution is 5.90. The highest BCUT2D eigenvalue weighted by atomic mass is 16.5. The van der Waals surface area contributed by atoms with Gasteiger partial charge in [-0.05, 0) is 31.5 Å². The number of rotatable bonds is 4. The first-order valence-corrected chi connectivity index (χ1v) is 7.19. The molecule has 6 nitrogen and oxygen atoms in total. The van der Waals surface area contributed by atoms with Crippen molar-refractivity contribution in [3.05, 3.63) is 41.9 Å². The van der Waals surface area contributed by atoms with E-state index in [1.165, 1.54) is 0 Å². The number of pyridine rings is 1. The maximum absolute atomic E-state index is 5.45. The summed E-state index contributed by atoms with van der Waals surface area (Å²) in [5, 5.41) is 4.16. The van der Waals surface area contributed by atoms with Crippen LogP contribution in [0, 0.1) is 13.8 Å². The summed E-state index contributed by atoms with van der Waals surface area (Å²) in [5.41, 5.74) is 2.71. The van der Waals surface area contributed by atoms with Gasteiger partial charge in [-0.2, -0.15) is 0 Å². The predicted octanol–water partition coefficient (Wildman–Crippen LogP) is 3.40. The summed E-state index contributed by atoms with van der Waals surface area (Å²) < 4.78 is 10.8. The summed E-state index contributed by atoms with van der Waals surface area (Å²) in [6.07, 6.45) is 3.39. The number of anilines is 2. The van der Waals surface area contributed by atoms with Gasteiger partial charge >= 0.3 is 0 Å². The average Bonchev–Trinajstić information content (AvgIpc) is 2.56. The number of hydrogen-bond acceptors (Lipinski definition) is 6. The Morgan fingerprint density at radius 1 is 0.913 bits per heavy atom. The molecule has 2 aromatic heterocycles. The Bertz CT molecular complexity index is 847. The molecule has 0 aliphatic rings. The van der Waals surface area contributed by atoms with Crippen LogP contribution in [-0.2, 0) is 0 Å². The quantitative estimate of drug-likeness (QED) is 0.796. The fourth-order valence-electron chi connectivity index (χ4n) is 2.36. The van der Waals surface area contributed by atoms with Crippen LogP contribution in [0.25, 0.3) is 10.9 Å². The Kier molecular flexibility index (Phi) is 3.97. The molecule has 0 unspecified atom stereocenters. The van der Waals surface area contributed by atoms with Crippen molar-refractivity contribution in [2.24, 2.45) is 0 Å². The third-order valence-corrected chi connectivity index (χ3v) is 3.55. The zero-order chi connectivity index (χ0) is 16.4. The van der Waals surface area contributed by atoms with Gasteiger partial charge < -0.3 is 14.8 Å². The minimum atomic E-state index is 0.648. The van der Waals surface area contributed by atoms with Gasteiger partial charge in [0.15, 0.2) is 0 Å². The van der Waals surface area contributed by atoms with Gasteiger partial charge in [0.05, 0.1) is 32.3 Å². The lowest BCUT2D eigenvalue weighted by atomic mass is 10.1. The van der Waals surface area contributed by atoms with Crippen molar-refractivity contribution >= 4 is 22.5 Å². The van der Waals surface area contributed by atoms with E-state index in [0.717, 1.165) is 27.9 Å². The average molecular weight is 310 g/mol. The molecular weight excluding hydrogens is 292 g/mol. The minimum Gasteiger partial charge on any atom is -0.497 e. The van der Waals surface area contributed by atoms with Crippen LogP contribution in [0.15, 0.2) is 30.6 Å². The Labute approximate surface area is 134 Å². The molecule has 0 spiro atoms. The van der Waals surface area contributed by atoms with Crippen LogP contribution in [0.4, 0.5) is 11.6 Å². The molecule has 6 heteroatoms. The van der Waals surface area contributed by atoms with Crippen LogP contribution in [0.3, 0.4) is 0 Å². The van der Waals surface area contributed by atoms with Gasteiger partial charge in [-0.15, -0.1) is 0 Å². The monoisotopic (exact) mass is 310 g/mol. The van der Waals surface area contributed by atoms with E-state index in [1.807, 2.05) is 32.0 Å². The second-order valence-corrected chi connectivity index (χ2v) is 5.22. The van der Waals surface area contributed by atoms with Crippen molar-refractivity contribution in [2.45, 2.75) is 13.8 Å². The molecule has 0 aliphatic heterocycles. The summed E-state index contributed by atoms with van der Waals surface area (Å²) in [7, 11) is 3.26. The molecule has 1 aromatic carbocycles. The molecule has 1 N–H and O–H groups in total. The van der Waals surface area contributed by atoms with Gasteiger partial charge in [-0.1, -0.05) is 0 Å². The fourth-order valence-corrected chi connectivity index (χ4v) is 2.36. The number of methoxy groups -OCH3 is 2. The molecule has 0 radical (unpaired) electrons. The zero-order valence-corrected chi connectivity index (χ0v) is 13.5. The fraction of sp³-hybridized carbons (Fsp3) is 0.235. The molecule has 0 aliphatic carbocycles. The molecule has 3 aromatic rings.